The number of urea groups is 1. The van der Waals surface area contributed by atoms with E-state index in [2.05, 4.69) is 5.32 Å². The van der Waals surface area contributed by atoms with Crippen LogP contribution in [0.3, 0.4) is 0 Å². The fourth-order valence-electron chi connectivity index (χ4n) is 3.97. The number of carbonyl (C=O) groups excluding carboxylic acids is 2. The van der Waals surface area contributed by atoms with Crippen LogP contribution in [0.25, 0.3) is 0 Å². The first-order valence-electron chi connectivity index (χ1n) is 9.02. The molecule has 5 heteroatoms. The van der Waals surface area contributed by atoms with Crippen LogP contribution < -0.4 is 10.2 Å². The average Bonchev–Trinajstić information content (AvgIpc) is 3.49. The van der Waals surface area contributed by atoms with Crippen LogP contribution in [-0.4, -0.2) is 42.5 Å². The number of anilines is 1. The summed E-state index contributed by atoms with van der Waals surface area (Å²) in [7, 11) is 1.92. The smallest absolute Gasteiger partial charge is 0.317 e. The van der Waals surface area contributed by atoms with Crippen molar-refractivity contribution in [2.75, 3.05) is 18.5 Å². The molecule has 1 heterocycles. The zero-order valence-corrected chi connectivity index (χ0v) is 14.1. The predicted molar refractivity (Wildman–Crippen MR) is 92.7 cm³/mol. The lowest BCUT2D eigenvalue weighted by atomic mass is 10.1. The van der Waals surface area contributed by atoms with Crippen molar-refractivity contribution in [2.24, 2.45) is 11.8 Å². The molecule has 3 amide bonds. The standard InChI is InChI=1S/C19H25N3O2/c1-21(18(13-7-8-13)14-9-10-14)19(24)20-15-11-17(23)22(12-15)16-5-3-2-4-6-16/h2-6,13-15,18H,7-12H2,1H3,(H,20,24). The molecule has 3 fully saturated rings. The topological polar surface area (TPSA) is 52.7 Å². The van der Waals surface area contributed by atoms with Gasteiger partial charge in [-0.05, 0) is 49.7 Å². The Labute approximate surface area is 143 Å². The highest BCUT2D eigenvalue weighted by molar-refractivity contribution is 5.96. The van der Waals surface area contributed by atoms with Gasteiger partial charge in [0.25, 0.3) is 0 Å². The molecule has 1 unspecified atom stereocenters. The number of hydrogen-bond donors (Lipinski definition) is 1. The van der Waals surface area contributed by atoms with Gasteiger partial charge in [0.15, 0.2) is 0 Å². The summed E-state index contributed by atoms with van der Waals surface area (Å²) in [5, 5.41) is 3.08. The van der Waals surface area contributed by atoms with E-state index < -0.39 is 0 Å². The maximum Gasteiger partial charge on any atom is 0.317 e. The highest BCUT2D eigenvalue weighted by Crippen LogP contribution is 2.46. The van der Waals surface area contributed by atoms with Gasteiger partial charge in [-0.3, -0.25) is 4.79 Å². The van der Waals surface area contributed by atoms with E-state index in [-0.39, 0.29) is 18.0 Å². The number of nitrogens with zero attached hydrogens (tertiary/aromatic N) is 2. The number of carbonyl (C=O) groups is 2. The van der Waals surface area contributed by atoms with Gasteiger partial charge >= 0.3 is 6.03 Å². The summed E-state index contributed by atoms with van der Waals surface area (Å²) in [6.45, 7) is 0.556. The Balaban J connectivity index is 1.37. The van der Waals surface area contributed by atoms with Gasteiger partial charge in [-0.25, -0.2) is 4.79 Å². The molecule has 4 rings (SSSR count). The third-order valence-corrected chi connectivity index (χ3v) is 5.50. The van der Waals surface area contributed by atoms with E-state index in [1.165, 1.54) is 25.7 Å². The van der Waals surface area contributed by atoms with Crippen LogP contribution in [0.1, 0.15) is 32.1 Å². The van der Waals surface area contributed by atoms with E-state index in [4.69, 9.17) is 0 Å². The zero-order chi connectivity index (χ0) is 16.7. The van der Waals surface area contributed by atoms with Gasteiger partial charge < -0.3 is 15.1 Å². The Morgan fingerprint density at radius 2 is 1.79 bits per heavy atom. The highest BCUT2D eigenvalue weighted by atomic mass is 16.2. The Morgan fingerprint density at radius 3 is 2.38 bits per heavy atom. The van der Waals surface area contributed by atoms with Crippen molar-refractivity contribution in [1.29, 1.82) is 0 Å². The van der Waals surface area contributed by atoms with Crippen molar-refractivity contribution in [2.45, 2.75) is 44.2 Å². The molecule has 5 nitrogen and oxygen atoms in total. The number of rotatable bonds is 5. The predicted octanol–water partition coefficient (Wildman–Crippen LogP) is 2.62. The molecule has 0 aromatic heterocycles. The molecule has 1 aromatic carbocycles. The molecule has 2 aliphatic carbocycles. The Morgan fingerprint density at radius 1 is 1.17 bits per heavy atom. The van der Waals surface area contributed by atoms with Crippen molar-refractivity contribution in [3.8, 4) is 0 Å². The molecule has 128 valence electrons. The second kappa shape index (κ2) is 6.11. The second-order valence-electron chi connectivity index (χ2n) is 7.47. The van der Waals surface area contributed by atoms with Crippen molar-refractivity contribution < 1.29 is 9.59 Å². The molecule has 1 atom stereocenters. The zero-order valence-electron chi connectivity index (χ0n) is 14.1. The van der Waals surface area contributed by atoms with Crippen molar-refractivity contribution in [3.63, 3.8) is 0 Å². The van der Waals surface area contributed by atoms with Crippen LogP contribution in [0, 0.1) is 11.8 Å². The summed E-state index contributed by atoms with van der Waals surface area (Å²) in [6, 6.07) is 9.94. The molecule has 3 aliphatic rings. The van der Waals surface area contributed by atoms with Crippen LogP contribution in [0.4, 0.5) is 10.5 Å². The van der Waals surface area contributed by atoms with Crippen molar-refractivity contribution >= 4 is 17.6 Å². The summed E-state index contributed by atoms with van der Waals surface area (Å²) >= 11 is 0. The van der Waals surface area contributed by atoms with Gasteiger partial charge in [-0.1, -0.05) is 18.2 Å². The average molecular weight is 327 g/mol. The molecule has 0 radical (unpaired) electrons. The van der Waals surface area contributed by atoms with Crippen LogP contribution in [0.15, 0.2) is 30.3 Å². The summed E-state index contributed by atoms with van der Waals surface area (Å²) in [5.74, 6) is 1.47. The largest absolute Gasteiger partial charge is 0.333 e. The van der Waals surface area contributed by atoms with Crippen LogP contribution in [0.2, 0.25) is 0 Å². The maximum absolute atomic E-state index is 12.6. The summed E-state index contributed by atoms with van der Waals surface area (Å²) in [6.07, 6.45) is 5.39. The lowest BCUT2D eigenvalue weighted by Gasteiger charge is -2.29. The lowest BCUT2D eigenvalue weighted by Crippen LogP contribution is -2.49. The summed E-state index contributed by atoms with van der Waals surface area (Å²) in [4.78, 5) is 28.6. The maximum atomic E-state index is 12.6. The van der Waals surface area contributed by atoms with Gasteiger partial charge in [-0.2, -0.15) is 0 Å². The van der Waals surface area contributed by atoms with Crippen LogP contribution in [0.5, 0.6) is 0 Å². The molecule has 0 bridgehead atoms. The fraction of sp³-hybridized carbons (Fsp3) is 0.579. The highest BCUT2D eigenvalue weighted by Gasteiger charge is 2.45. The first-order chi connectivity index (χ1) is 11.6. The number of amides is 3. The molecular formula is C19H25N3O2. The first kappa shape index (κ1) is 15.5. The molecule has 1 N–H and O–H groups in total. The first-order valence-corrected chi connectivity index (χ1v) is 9.02. The van der Waals surface area contributed by atoms with Crippen LogP contribution in [-0.2, 0) is 4.79 Å². The minimum absolute atomic E-state index is 0.0217. The molecule has 1 aliphatic heterocycles. The van der Waals surface area contributed by atoms with E-state index in [1.54, 1.807) is 4.90 Å². The van der Waals surface area contributed by atoms with E-state index in [1.807, 2.05) is 42.3 Å². The van der Waals surface area contributed by atoms with Gasteiger partial charge in [-0.15, -0.1) is 0 Å². The third kappa shape index (κ3) is 3.12. The third-order valence-electron chi connectivity index (χ3n) is 5.50. The molecule has 1 aromatic rings. The van der Waals surface area contributed by atoms with Gasteiger partial charge in [0.2, 0.25) is 5.91 Å². The summed E-state index contributed by atoms with van der Waals surface area (Å²) < 4.78 is 0. The fourth-order valence-corrected chi connectivity index (χ4v) is 3.97. The van der Waals surface area contributed by atoms with E-state index in [0.29, 0.717) is 30.8 Å². The molecule has 0 spiro atoms. The molecule has 2 saturated carbocycles. The number of para-hydroxylation sites is 1. The van der Waals surface area contributed by atoms with Gasteiger partial charge in [0.05, 0.1) is 6.04 Å². The monoisotopic (exact) mass is 327 g/mol. The Hall–Kier alpha value is -2.04. The Bertz CT molecular complexity index is 613. The van der Waals surface area contributed by atoms with Crippen molar-refractivity contribution in [3.05, 3.63) is 30.3 Å². The van der Waals surface area contributed by atoms with E-state index >= 15 is 0 Å². The van der Waals surface area contributed by atoms with Crippen LogP contribution >= 0.6 is 0 Å². The summed E-state index contributed by atoms with van der Waals surface area (Å²) in [5.41, 5.74) is 0.904. The molecular weight excluding hydrogens is 302 g/mol. The number of benzene rings is 1. The lowest BCUT2D eigenvalue weighted by molar-refractivity contribution is -0.117. The van der Waals surface area contributed by atoms with E-state index in [9.17, 15) is 9.59 Å². The SMILES string of the molecule is CN(C(=O)NC1CC(=O)N(c2ccccc2)C1)C(C1CC1)C1CC1. The molecule has 1 saturated heterocycles. The quantitative estimate of drug-likeness (QED) is 0.904. The normalized spacial score (nSPS) is 23.7. The molecule has 24 heavy (non-hydrogen) atoms. The van der Waals surface area contributed by atoms with Crippen molar-refractivity contribution in [1.82, 2.24) is 10.2 Å². The van der Waals surface area contributed by atoms with Gasteiger partial charge in [0.1, 0.15) is 0 Å². The number of nitrogens with one attached hydrogen (secondary N) is 1. The minimum atomic E-state index is -0.105. The van der Waals surface area contributed by atoms with E-state index in [0.717, 1.165) is 5.69 Å². The van der Waals surface area contributed by atoms with Gasteiger partial charge in [0, 0.05) is 31.7 Å². The minimum Gasteiger partial charge on any atom is -0.333 e. The number of hydrogen-bond acceptors (Lipinski definition) is 2. The second-order valence-corrected chi connectivity index (χ2v) is 7.47. The Kier molecular flexibility index (Phi) is 3.94.